The molecule has 2 aromatic carbocycles. The minimum Gasteiger partial charge on any atom is -0.492 e. The van der Waals surface area contributed by atoms with Crippen LogP contribution in [0, 0.1) is 0 Å². The molecule has 1 saturated heterocycles. The van der Waals surface area contributed by atoms with Crippen molar-refractivity contribution in [2.45, 2.75) is 6.92 Å². The maximum absolute atomic E-state index is 12.5. The summed E-state index contributed by atoms with van der Waals surface area (Å²) in [4.78, 5) is 28.2. The summed E-state index contributed by atoms with van der Waals surface area (Å²) in [7, 11) is 1.86. The summed E-state index contributed by atoms with van der Waals surface area (Å²) in [6, 6.07) is 14.3. The molecule has 0 atom stereocenters. The molecule has 3 aromatic rings. The Kier molecular flexibility index (Phi) is 8.45. The zero-order chi connectivity index (χ0) is 25.5. The topological polar surface area (TPSA) is 88.9 Å². The number of hydrogen-bond donors (Lipinski definition) is 1. The lowest BCUT2D eigenvalue weighted by molar-refractivity contribution is -0.130. The summed E-state index contributed by atoms with van der Waals surface area (Å²) >= 11 is 5.96. The molecule has 0 aliphatic carbocycles. The van der Waals surface area contributed by atoms with Crippen molar-refractivity contribution in [3.8, 4) is 22.8 Å². The van der Waals surface area contributed by atoms with Gasteiger partial charge in [-0.1, -0.05) is 17.7 Å². The highest BCUT2D eigenvalue weighted by atomic mass is 35.5. The second-order valence-electron chi connectivity index (χ2n) is 8.54. The van der Waals surface area contributed by atoms with Gasteiger partial charge in [-0.2, -0.15) is 5.10 Å². The number of aromatic nitrogens is 2. The number of amides is 2. The fourth-order valence-corrected chi connectivity index (χ4v) is 4.23. The monoisotopic (exact) mass is 511 g/mol. The maximum atomic E-state index is 12.5. The highest BCUT2D eigenvalue weighted by Gasteiger charge is 2.19. The van der Waals surface area contributed by atoms with Gasteiger partial charge < -0.3 is 19.7 Å². The Labute approximate surface area is 215 Å². The van der Waals surface area contributed by atoms with Gasteiger partial charge in [0, 0.05) is 69.2 Å². The van der Waals surface area contributed by atoms with Crippen molar-refractivity contribution in [3.63, 3.8) is 0 Å². The summed E-state index contributed by atoms with van der Waals surface area (Å²) in [6.45, 7) is 5.88. The van der Waals surface area contributed by atoms with Crippen LogP contribution >= 0.6 is 11.6 Å². The standard InChI is InChI=1S/C26H30ClN5O4/c1-19(33)32-12-10-31(11-13-32)14-15-35-25-7-6-21(17-23(25)24-8-9-28-30(24)2)29-26(34)18-36-22-5-3-4-20(27)16-22/h3-9,16-17H,10-15,18H2,1-2H3,(H,29,34). The fourth-order valence-electron chi connectivity index (χ4n) is 4.05. The number of aryl methyl sites for hydroxylation is 1. The van der Waals surface area contributed by atoms with Crippen LogP contribution in [0.2, 0.25) is 5.02 Å². The molecule has 4 rings (SSSR count). The summed E-state index contributed by atoms with van der Waals surface area (Å²) < 4.78 is 13.5. The number of halogens is 1. The van der Waals surface area contributed by atoms with Gasteiger partial charge in [-0.15, -0.1) is 0 Å². The Bertz CT molecular complexity index is 1210. The Morgan fingerprint density at radius 2 is 1.86 bits per heavy atom. The van der Waals surface area contributed by atoms with E-state index in [2.05, 4.69) is 15.3 Å². The van der Waals surface area contributed by atoms with Crippen LogP contribution in [-0.4, -0.2) is 77.3 Å². The molecule has 190 valence electrons. The van der Waals surface area contributed by atoms with E-state index in [4.69, 9.17) is 21.1 Å². The van der Waals surface area contributed by atoms with Crippen LogP contribution in [0.25, 0.3) is 11.3 Å². The van der Waals surface area contributed by atoms with Crippen molar-refractivity contribution >= 4 is 29.1 Å². The lowest BCUT2D eigenvalue weighted by Gasteiger charge is -2.34. The van der Waals surface area contributed by atoms with Crippen molar-refractivity contribution in [1.82, 2.24) is 19.6 Å². The summed E-state index contributed by atoms with van der Waals surface area (Å²) in [6.07, 6.45) is 1.72. The molecule has 0 radical (unpaired) electrons. The first-order valence-corrected chi connectivity index (χ1v) is 12.2. The molecular weight excluding hydrogens is 482 g/mol. The van der Waals surface area contributed by atoms with E-state index in [0.717, 1.165) is 44.0 Å². The largest absolute Gasteiger partial charge is 0.492 e. The quantitative estimate of drug-likeness (QED) is 0.474. The predicted octanol–water partition coefficient (Wildman–Crippen LogP) is 3.30. The van der Waals surface area contributed by atoms with Crippen LogP contribution in [0.3, 0.4) is 0 Å². The van der Waals surface area contributed by atoms with Gasteiger partial charge in [0.15, 0.2) is 6.61 Å². The van der Waals surface area contributed by atoms with Crippen LogP contribution in [0.1, 0.15) is 6.92 Å². The first kappa shape index (κ1) is 25.5. The summed E-state index contributed by atoms with van der Waals surface area (Å²) in [5, 5.41) is 7.69. The molecule has 36 heavy (non-hydrogen) atoms. The number of nitrogens with zero attached hydrogens (tertiary/aromatic N) is 4. The molecule has 0 saturated carbocycles. The van der Waals surface area contributed by atoms with Crippen molar-refractivity contribution in [2.24, 2.45) is 7.05 Å². The molecule has 1 N–H and O–H groups in total. The molecule has 10 heteroatoms. The van der Waals surface area contributed by atoms with Crippen LogP contribution in [-0.2, 0) is 16.6 Å². The summed E-state index contributed by atoms with van der Waals surface area (Å²) in [5.74, 6) is 1.06. The van der Waals surface area contributed by atoms with Gasteiger partial charge in [0.2, 0.25) is 5.91 Å². The lowest BCUT2D eigenvalue weighted by atomic mass is 10.1. The molecule has 1 aliphatic heterocycles. The normalized spacial score (nSPS) is 13.9. The van der Waals surface area contributed by atoms with Gasteiger partial charge in [0.25, 0.3) is 5.91 Å². The highest BCUT2D eigenvalue weighted by Crippen LogP contribution is 2.32. The molecule has 1 aromatic heterocycles. The van der Waals surface area contributed by atoms with Gasteiger partial charge in [0.05, 0.1) is 5.69 Å². The smallest absolute Gasteiger partial charge is 0.262 e. The maximum Gasteiger partial charge on any atom is 0.262 e. The van der Waals surface area contributed by atoms with Gasteiger partial charge >= 0.3 is 0 Å². The third-order valence-electron chi connectivity index (χ3n) is 6.01. The van der Waals surface area contributed by atoms with E-state index in [1.807, 2.05) is 30.1 Å². The van der Waals surface area contributed by atoms with Crippen molar-refractivity contribution in [1.29, 1.82) is 0 Å². The molecule has 0 bridgehead atoms. The summed E-state index contributed by atoms with van der Waals surface area (Å²) in [5.41, 5.74) is 2.31. The van der Waals surface area contributed by atoms with E-state index in [1.165, 1.54) is 0 Å². The molecule has 9 nitrogen and oxygen atoms in total. The highest BCUT2D eigenvalue weighted by molar-refractivity contribution is 6.30. The van der Waals surface area contributed by atoms with Crippen LogP contribution in [0.5, 0.6) is 11.5 Å². The van der Waals surface area contributed by atoms with Crippen LogP contribution in [0.15, 0.2) is 54.7 Å². The number of carbonyl (C=O) groups is 2. The van der Waals surface area contributed by atoms with Crippen molar-refractivity contribution in [3.05, 3.63) is 59.8 Å². The first-order valence-electron chi connectivity index (χ1n) is 11.8. The van der Waals surface area contributed by atoms with Gasteiger partial charge in [0.1, 0.15) is 18.1 Å². The number of carbonyl (C=O) groups excluding carboxylic acids is 2. The average Bonchev–Trinajstić information content (AvgIpc) is 3.29. The third-order valence-corrected chi connectivity index (χ3v) is 6.24. The number of nitrogens with one attached hydrogen (secondary N) is 1. The molecule has 1 aliphatic rings. The van der Waals surface area contributed by atoms with E-state index in [1.54, 1.807) is 48.1 Å². The van der Waals surface area contributed by atoms with E-state index in [0.29, 0.717) is 28.8 Å². The number of ether oxygens (including phenoxy) is 2. The average molecular weight is 512 g/mol. The Morgan fingerprint density at radius 3 is 2.56 bits per heavy atom. The molecular formula is C26H30ClN5O4. The number of hydrogen-bond acceptors (Lipinski definition) is 6. The SMILES string of the molecule is CC(=O)N1CCN(CCOc2ccc(NC(=O)COc3cccc(Cl)c3)cc2-c2ccnn2C)CC1. The van der Waals surface area contributed by atoms with Crippen LogP contribution in [0.4, 0.5) is 5.69 Å². The Morgan fingerprint density at radius 1 is 1.06 bits per heavy atom. The number of benzene rings is 2. The molecule has 2 heterocycles. The van der Waals surface area contributed by atoms with E-state index >= 15 is 0 Å². The second kappa shape index (κ2) is 11.9. The number of rotatable bonds is 9. The molecule has 0 spiro atoms. The van der Waals surface area contributed by atoms with E-state index in [9.17, 15) is 9.59 Å². The van der Waals surface area contributed by atoms with Gasteiger partial charge in [-0.3, -0.25) is 19.2 Å². The third kappa shape index (κ3) is 6.77. The van der Waals surface area contributed by atoms with E-state index in [-0.39, 0.29) is 18.4 Å². The van der Waals surface area contributed by atoms with Gasteiger partial charge in [-0.25, -0.2) is 0 Å². The van der Waals surface area contributed by atoms with Crippen LogP contribution < -0.4 is 14.8 Å². The van der Waals surface area contributed by atoms with Crippen molar-refractivity contribution < 1.29 is 19.1 Å². The first-order chi connectivity index (χ1) is 17.4. The minimum atomic E-state index is -0.288. The molecule has 0 unspecified atom stereocenters. The predicted molar refractivity (Wildman–Crippen MR) is 138 cm³/mol. The fraction of sp³-hybridized carbons (Fsp3) is 0.346. The molecule has 2 amide bonds. The molecule has 1 fully saturated rings. The van der Waals surface area contributed by atoms with Crippen molar-refractivity contribution in [2.75, 3.05) is 51.3 Å². The number of anilines is 1. The Hall–Kier alpha value is -3.56. The second-order valence-corrected chi connectivity index (χ2v) is 8.98. The zero-order valence-corrected chi connectivity index (χ0v) is 21.2. The van der Waals surface area contributed by atoms with E-state index < -0.39 is 0 Å². The van der Waals surface area contributed by atoms with Gasteiger partial charge in [-0.05, 0) is 42.5 Å². The minimum absolute atomic E-state index is 0.120. The zero-order valence-electron chi connectivity index (χ0n) is 20.4. The Balaban J connectivity index is 1.38. The lowest BCUT2D eigenvalue weighted by Crippen LogP contribution is -2.48. The number of piperazine rings is 1.